The molecule has 0 aliphatic carbocycles. The van der Waals surface area contributed by atoms with Crippen molar-refractivity contribution in [3.8, 4) is 5.75 Å². The Labute approximate surface area is 205 Å². The minimum Gasteiger partial charge on any atom is -0.495 e. The number of rotatable bonds is 7. The summed E-state index contributed by atoms with van der Waals surface area (Å²) in [5.74, 6) is 0.772. The van der Waals surface area contributed by atoms with Gasteiger partial charge in [0.15, 0.2) is 0 Å². The number of amides is 1. The molecule has 1 saturated heterocycles. The summed E-state index contributed by atoms with van der Waals surface area (Å²) in [6.07, 6.45) is 0. The second-order valence-corrected chi connectivity index (χ2v) is 10.4. The molecule has 1 aromatic heterocycles. The molecule has 9 nitrogen and oxygen atoms in total. The summed E-state index contributed by atoms with van der Waals surface area (Å²) in [6.45, 7) is 8.95. The van der Waals surface area contributed by atoms with E-state index in [2.05, 4.69) is 14.8 Å². The van der Waals surface area contributed by atoms with E-state index in [0.717, 1.165) is 29.1 Å². The molecule has 1 aliphatic heterocycles. The lowest BCUT2D eigenvalue weighted by atomic mass is 10.1. The largest absolute Gasteiger partial charge is 0.495 e. The lowest BCUT2D eigenvalue weighted by molar-refractivity contribution is 0.0627. The molecule has 1 amide bonds. The first-order valence-electron chi connectivity index (χ1n) is 11.4. The quantitative estimate of drug-likeness (QED) is 0.532. The molecule has 4 rings (SSSR count). The highest BCUT2D eigenvalue weighted by molar-refractivity contribution is 7.92. The third-order valence-corrected chi connectivity index (χ3v) is 7.63. The number of hydrogen-bond acceptors (Lipinski definition) is 7. The molecule has 0 radical (unpaired) electrons. The van der Waals surface area contributed by atoms with E-state index in [9.17, 15) is 13.2 Å². The molecule has 35 heavy (non-hydrogen) atoms. The van der Waals surface area contributed by atoms with Gasteiger partial charge in [-0.05, 0) is 51.1 Å². The summed E-state index contributed by atoms with van der Waals surface area (Å²) in [7, 11) is -2.57. The number of sulfonamides is 1. The predicted octanol–water partition coefficient (Wildman–Crippen LogP) is 3.37. The van der Waals surface area contributed by atoms with Gasteiger partial charge in [-0.1, -0.05) is 22.9 Å². The first-order chi connectivity index (χ1) is 16.7. The van der Waals surface area contributed by atoms with Crippen molar-refractivity contribution in [2.75, 3.05) is 38.0 Å². The minimum absolute atomic E-state index is 0.0801. The molecule has 0 bridgehead atoms. The minimum atomic E-state index is -3.97. The molecule has 0 unspecified atom stereocenters. The van der Waals surface area contributed by atoms with Gasteiger partial charge in [0.05, 0.1) is 12.8 Å². The van der Waals surface area contributed by atoms with Gasteiger partial charge in [-0.15, -0.1) is 0 Å². The van der Waals surface area contributed by atoms with Gasteiger partial charge in [-0.3, -0.25) is 14.4 Å². The van der Waals surface area contributed by atoms with Crippen molar-refractivity contribution in [3.05, 3.63) is 70.6 Å². The van der Waals surface area contributed by atoms with E-state index in [4.69, 9.17) is 9.26 Å². The van der Waals surface area contributed by atoms with Crippen molar-refractivity contribution in [3.63, 3.8) is 0 Å². The Balaban J connectivity index is 1.48. The van der Waals surface area contributed by atoms with Crippen molar-refractivity contribution in [2.24, 2.45) is 0 Å². The zero-order valence-corrected chi connectivity index (χ0v) is 21.2. The Bertz CT molecular complexity index is 1290. The van der Waals surface area contributed by atoms with Crippen molar-refractivity contribution in [1.82, 2.24) is 15.0 Å². The number of ether oxygens (including phenoxy) is 1. The van der Waals surface area contributed by atoms with Gasteiger partial charge in [0, 0.05) is 49.5 Å². The molecular weight excluding hydrogens is 468 g/mol. The van der Waals surface area contributed by atoms with Crippen molar-refractivity contribution in [2.45, 2.75) is 32.2 Å². The third-order valence-electron chi connectivity index (χ3n) is 6.23. The second kappa shape index (κ2) is 10.1. The van der Waals surface area contributed by atoms with Crippen LogP contribution in [0.5, 0.6) is 5.75 Å². The van der Waals surface area contributed by atoms with Crippen LogP contribution in [-0.4, -0.2) is 62.6 Å². The Morgan fingerprint density at radius 1 is 1.06 bits per heavy atom. The fourth-order valence-corrected chi connectivity index (χ4v) is 5.35. The first-order valence-corrected chi connectivity index (χ1v) is 12.9. The number of piperazine rings is 1. The number of aromatic nitrogens is 1. The van der Waals surface area contributed by atoms with Gasteiger partial charge >= 0.3 is 0 Å². The van der Waals surface area contributed by atoms with Crippen LogP contribution in [-0.2, 0) is 16.6 Å². The lowest BCUT2D eigenvalue weighted by Gasteiger charge is -2.34. The van der Waals surface area contributed by atoms with Gasteiger partial charge < -0.3 is 14.2 Å². The zero-order chi connectivity index (χ0) is 25.2. The normalized spacial score (nSPS) is 14.7. The predicted molar refractivity (Wildman–Crippen MR) is 132 cm³/mol. The van der Waals surface area contributed by atoms with E-state index < -0.39 is 10.0 Å². The summed E-state index contributed by atoms with van der Waals surface area (Å²) in [5, 5.41) is 4.01. The summed E-state index contributed by atoms with van der Waals surface area (Å²) >= 11 is 0. The number of nitrogens with one attached hydrogen (secondary N) is 1. The number of methoxy groups -OCH3 is 1. The molecule has 0 spiro atoms. The summed E-state index contributed by atoms with van der Waals surface area (Å²) in [4.78, 5) is 17.2. The molecule has 0 atom stereocenters. The number of carbonyl (C=O) groups is 1. The number of hydrogen-bond donors (Lipinski definition) is 1. The Morgan fingerprint density at radius 3 is 2.34 bits per heavy atom. The van der Waals surface area contributed by atoms with Crippen LogP contribution in [0.2, 0.25) is 0 Å². The second-order valence-electron chi connectivity index (χ2n) is 8.71. The molecule has 1 N–H and O–H groups in total. The van der Waals surface area contributed by atoms with E-state index >= 15 is 0 Å². The number of anilines is 1. The molecule has 10 heteroatoms. The van der Waals surface area contributed by atoms with Crippen LogP contribution in [0.4, 0.5) is 5.69 Å². The van der Waals surface area contributed by atoms with Crippen LogP contribution < -0.4 is 9.46 Å². The van der Waals surface area contributed by atoms with Crippen LogP contribution in [0.25, 0.3) is 0 Å². The number of benzene rings is 2. The third kappa shape index (κ3) is 5.49. The smallest absolute Gasteiger partial charge is 0.265 e. The molecule has 1 aliphatic rings. The highest BCUT2D eigenvalue weighted by Gasteiger charge is 2.27. The first kappa shape index (κ1) is 24.7. The van der Waals surface area contributed by atoms with E-state index in [-0.39, 0.29) is 16.6 Å². The Hall–Kier alpha value is -3.37. The molecule has 186 valence electrons. The van der Waals surface area contributed by atoms with Gasteiger partial charge in [0.1, 0.15) is 16.4 Å². The van der Waals surface area contributed by atoms with Gasteiger partial charge in [0.25, 0.3) is 15.9 Å². The van der Waals surface area contributed by atoms with Crippen LogP contribution in [0.15, 0.2) is 51.9 Å². The fraction of sp³-hybridized carbons (Fsp3) is 0.360. The standard InChI is InChI=1S/C25H30N4O5S/c1-17-5-8-21(9-6-17)27-35(31,32)24-15-20(7-10-23(24)33-4)25(30)29-13-11-28(12-14-29)16-22-18(2)26-34-19(22)3/h5-10,15,27H,11-14,16H2,1-4H3. The van der Waals surface area contributed by atoms with E-state index in [0.29, 0.717) is 37.4 Å². The highest BCUT2D eigenvalue weighted by Crippen LogP contribution is 2.28. The van der Waals surface area contributed by atoms with E-state index in [1.807, 2.05) is 32.9 Å². The van der Waals surface area contributed by atoms with Crippen LogP contribution in [0, 0.1) is 20.8 Å². The van der Waals surface area contributed by atoms with Crippen LogP contribution in [0.1, 0.15) is 32.9 Å². The zero-order valence-electron chi connectivity index (χ0n) is 20.4. The fourth-order valence-electron chi connectivity index (χ4n) is 4.09. The average molecular weight is 499 g/mol. The lowest BCUT2D eigenvalue weighted by Crippen LogP contribution is -2.48. The van der Waals surface area contributed by atoms with Gasteiger partial charge in [0.2, 0.25) is 0 Å². The maximum absolute atomic E-state index is 13.2. The number of carbonyl (C=O) groups excluding carboxylic acids is 1. The summed E-state index contributed by atoms with van der Waals surface area (Å²) in [6, 6.07) is 11.5. The van der Waals surface area contributed by atoms with Crippen molar-refractivity contribution >= 4 is 21.6 Å². The maximum Gasteiger partial charge on any atom is 0.265 e. The number of nitrogens with zero attached hydrogens (tertiary/aromatic N) is 3. The topological polar surface area (TPSA) is 105 Å². The number of aryl methyl sites for hydroxylation is 3. The molecule has 0 saturated carbocycles. The average Bonchev–Trinajstić information content (AvgIpc) is 3.17. The van der Waals surface area contributed by atoms with Crippen molar-refractivity contribution < 1.29 is 22.5 Å². The molecular formula is C25H30N4O5S. The molecule has 3 aromatic rings. The van der Waals surface area contributed by atoms with E-state index in [1.165, 1.54) is 19.2 Å². The van der Waals surface area contributed by atoms with Crippen molar-refractivity contribution in [1.29, 1.82) is 0 Å². The van der Waals surface area contributed by atoms with Gasteiger partial charge in [-0.2, -0.15) is 0 Å². The summed E-state index contributed by atoms with van der Waals surface area (Å²) in [5.41, 5.74) is 3.71. The van der Waals surface area contributed by atoms with Gasteiger partial charge in [-0.25, -0.2) is 8.42 Å². The molecule has 2 heterocycles. The monoisotopic (exact) mass is 498 g/mol. The highest BCUT2D eigenvalue weighted by atomic mass is 32.2. The maximum atomic E-state index is 13.2. The SMILES string of the molecule is COc1ccc(C(=O)N2CCN(Cc3c(C)noc3C)CC2)cc1S(=O)(=O)Nc1ccc(C)cc1. The van der Waals surface area contributed by atoms with Crippen LogP contribution >= 0.6 is 0 Å². The van der Waals surface area contributed by atoms with Crippen LogP contribution in [0.3, 0.4) is 0 Å². The Kier molecular flexibility index (Phi) is 7.13. The summed E-state index contributed by atoms with van der Waals surface area (Å²) < 4.78 is 39.4. The molecule has 1 fully saturated rings. The molecule has 2 aromatic carbocycles. The Morgan fingerprint density at radius 2 is 1.74 bits per heavy atom. The van der Waals surface area contributed by atoms with E-state index in [1.54, 1.807) is 23.1 Å².